The number of aryl methyl sites for hydroxylation is 1. The van der Waals surface area contributed by atoms with Crippen LogP contribution in [0.2, 0.25) is 0 Å². The average Bonchev–Trinajstić information content (AvgIpc) is 3.25. The van der Waals surface area contributed by atoms with E-state index in [-0.39, 0.29) is 17.7 Å². The summed E-state index contributed by atoms with van der Waals surface area (Å²) in [5.41, 5.74) is 3.90. The monoisotopic (exact) mass is 410 g/mol. The van der Waals surface area contributed by atoms with E-state index in [1.807, 2.05) is 62.1 Å². The smallest absolute Gasteiger partial charge is 0.268 e. The van der Waals surface area contributed by atoms with Crippen LogP contribution in [0.5, 0.6) is 5.75 Å². The molecule has 2 aliphatic heterocycles. The Morgan fingerprint density at radius 1 is 1.24 bits per heavy atom. The van der Waals surface area contributed by atoms with Gasteiger partial charge >= 0.3 is 0 Å². The number of thioether (sulfide) groups is 1. The molecule has 0 N–H and O–H groups in total. The van der Waals surface area contributed by atoms with Crippen molar-refractivity contribution < 1.29 is 14.3 Å². The van der Waals surface area contributed by atoms with E-state index in [0.717, 1.165) is 33.9 Å². The zero-order valence-electron chi connectivity index (χ0n) is 17.3. The molecule has 1 atom stereocenters. The molecule has 152 valence electrons. The molecule has 4 rings (SSSR count). The van der Waals surface area contributed by atoms with Gasteiger partial charge in [0.05, 0.1) is 19.3 Å². The first-order chi connectivity index (χ1) is 13.9. The fraction of sp³-hybridized carbons (Fsp3) is 0.391. The Hall–Kier alpha value is -2.47. The molecule has 0 bridgehead atoms. The van der Waals surface area contributed by atoms with Crippen molar-refractivity contribution in [3.8, 4) is 5.75 Å². The molecule has 0 aliphatic carbocycles. The lowest BCUT2D eigenvalue weighted by atomic mass is 10.0. The average molecular weight is 411 g/mol. The summed E-state index contributed by atoms with van der Waals surface area (Å²) < 4.78 is 5.34. The highest BCUT2D eigenvalue weighted by Gasteiger charge is 2.59. The third kappa shape index (κ3) is 3.10. The van der Waals surface area contributed by atoms with Gasteiger partial charge in [-0.05, 0) is 30.7 Å². The number of fused-ring (bicyclic) bond motifs is 2. The van der Waals surface area contributed by atoms with Crippen LogP contribution < -0.4 is 9.64 Å². The number of hydrogen-bond acceptors (Lipinski definition) is 4. The van der Waals surface area contributed by atoms with E-state index in [2.05, 4.69) is 6.07 Å². The Balaban J connectivity index is 1.80. The van der Waals surface area contributed by atoms with Gasteiger partial charge in [-0.15, -0.1) is 11.8 Å². The number of nitrogens with zero attached hydrogens (tertiary/aromatic N) is 2. The molecule has 29 heavy (non-hydrogen) atoms. The Morgan fingerprint density at radius 3 is 2.76 bits per heavy atom. The summed E-state index contributed by atoms with van der Waals surface area (Å²) in [5.74, 6) is 1.36. The van der Waals surface area contributed by atoms with Gasteiger partial charge in [0.1, 0.15) is 5.75 Å². The number of amides is 2. The van der Waals surface area contributed by atoms with Crippen molar-refractivity contribution >= 4 is 29.3 Å². The summed E-state index contributed by atoms with van der Waals surface area (Å²) in [5, 5.41) is 0. The second-order valence-corrected chi connectivity index (χ2v) is 9.19. The van der Waals surface area contributed by atoms with E-state index in [1.165, 1.54) is 0 Å². The van der Waals surface area contributed by atoms with Crippen molar-refractivity contribution in [2.24, 2.45) is 5.92 Å². The van der Waals surface area contributed by atoms with Gasteiger partial charge in [-0.3, -0.25) is 9.59 Å². The molecular weight excluding hydrogens is 384 g/mol. The van der Waals surface area contributed by atoms with Crippen molar-refractivity contribution in [2.75, 3.05) is 24.3 Å². The first kappa shape index (κ1) is 19.8. The molecule has 1 fully saturated rings. The van der Waals surface area contributed by atoms with Crippen LogP contribution in [0.25, 0.3) is 0 Å². The molecule has 0 saturated carbocycles. The van der Waals surface area contributed by atoms with Crippen LogP contribution in [0, 0.1) is 12.8 Å². The Morgan fingerprint density at radius 2 is 2.03 bits per heavy atom. The van der Waals surface area contributed by atoms with Crippen molar-refractivity contribution in [2.45, 2.75) is 32.2 Å². The number of anilines is 1. The highest BCUT2D eigenvalue weighted by atomic mass is 32.2. The number of ether oxygens (including phenoxy) is 1. The minimum atomic E-state index is -0.957. The van der Waals surface area contributed by atoms with Crippen LogP contribution in [0.3, 0.4) is 0 Å². The fourth-order valence-corrected chi connectivity index (χ4v) is 5.63. The summed E-state index contributed by atoms with van der Waals surface area (Å²) in [7, 11) is 1.64. The number of rotatable bonds is 4. The summed E-state index contributed by atoms with van der Waals surface area (Å²) in [6.45, 7) is 6.84. The van der Waals surface area contributed by atoms with E-state index >= 15 is 0 Å². The molecule has 2 aromatic carbocycles. The summed E-state index contributed by atoms with van der Waals surface area (Å²) in [4.78, 5) is 29.6. The van der Waals surface area contributed by atoms with Gasteiger partial charge < -0.3 is 14.5 Å². The van der Waals surface area contributed by atoms with Crippen LogP contribution in [0.1, 0.15) is 30.5 Å². The van der Waals surface area contributed by atoms with E-state index in [9.17, 15) is 9.59 Å². The summed E-state index contributed by atoms with van der Waals surface area (Å²) in [6, 6.07) is 13.9. The molecule has 1 spiro atoms. The Kier molecular flexibility index (Phi) is 5.07. The van der Waals surface area contributed by atoms with Gasteiger partial charge in [0.15, 0.2) is 4.87 Å². The predicted octanol–water partition coefficient (Wildman–Crippen LogP) is 3.93. The highest BCUT2D eigenvalue weighted by molar-refractivity contribution is 8.01. The molecule has 1 saturated heterocycles. The maximum absolute atomic E-state index is 13.9. The maximum atomic E-state index is 13.9. The molecule has 2 amide bonds. The first-order valence-corrected chi connectivity index (χ1v) is 10.9. The van der Waals surface area contributed by atoms with Crippen LogP contribution in [-0.4, -0.2) is 36.1 Å². The van der Waals surface area contributed by atoms with Crippen LogP contribution in [-0.2, 0) is 21.0 Å². The van der Waals surface area contributed by atoms with Crippen LogP contribution in [0.4, 0.5) is 5.69 Å². The van der Waals surface area contributed by atoms with Gasteiger partial charge in [0.2, 0.25) is 5.91 Å². The standard InChI is InChI=1S/C23H26N2O3S/c1-15(2)21(26)25-10-11-29-23(25)19-12-16(3)8-9-20(19)24(22(23)27)14-17-6-5-7-18(13-17)28-4/h5-9,12-13,15H,10-11,14H2,1-4H3. The van der Waals surface area contributed by atoms with Gasteiger partial charge in [-0.1, -0.05) is 43.7 Å². The van der Waals surface area contributed by atoms with E-state index in [4.69, 9.17) is 4.74 Å². The topological polar surface area (TPSA) is 49.9 Å². The van der Waals surface area contributed by atoms with Crippen LogP contribution >= 0.6 is 11.8 Å². The van der Waals surface area contributed by atoms with Crippen molar-refractivity contribution in [3.63, 3.8) is 0 Å². The lowest BCUT2D eigenvalue weighted by molar-refractivity contribution is -0.142. The lowest BCUT2D eigenvalue weighted by Gasteiger charge is -2.34. The quantitative estimate of drug-likeness (QED) is 0.766. The van der Waals surface area contributed by atoms with E-state index in [0.29, 0.717) is 13.1 Å². The summed E-state index contributed by atoms with van der Waals surface area (Å²) >= 11 is 1.58. The summed E-state index contributed by atoms with van der Waals surface area (Å²) in [6.07, 6.45) is 0. The molecule has 0 aromatic heterocycles. The minimum Gasteiger partial charge on any atom is -0.497 e. The van der Waals surface area contributed by atoms with E-state index < -0.39 is 4.87 Å². The lowest BCUT2D eigenvalue weighted by Crippen LogP contribution is -2.51. The predicted molar refractivity (Wildman–Crippen MR) is 116 cm³/mol. The zero-order valence-corrected chi connectivity index (χ0v) is 18.1. The number of carbonyl (C=O) groups excluding carboxylic acids is 2. The number of hydrogen-bond donors (Lipinski definition) is 0. The molecular formula is C23H26N2O3S. The molecule has 5 nitrogen and oxygen atoms in total. The third-order valence-electron chi connectivity index (χ3n) is 5.58. The molecule has 1 unspecified atom stereocenters. The normalized spacial score (nSPS) is 20.7. The van der Waals surface area contributed by atoms with E-state index in [1.54, 1.807) is 23.8 Å². The van der Waals surface area contributed by atoms with Crippen molar-refractivity contribution in [1.82, 2.24) is 4.90 Å². The molecule has 2 aromatic rings. The van der Waals surface area contributed by atoms with Gasteiger partial charge in [0.25, 0.3) is 5.91 Å². The number of methoxy groups -OCH3 is 1. The van der Waals surface area contributed by atoms with Crippen LogP contribution in [0.15, 0.2) is 42.5 Å². The third-order valence-corrected chi connectivity index (χ3v) is 7.00. The van der Waals surface area contributed by atoms with Gasteiger partial charge in [-0.2, -0.15) is 0 Å². The zero-order chi connectivity index (χ0) is 20.8. The Labute approximate surface area is 176 Å². The minimum absolute atomic E-state index is 0.0269. The Bertz CT molecular complexity index is 974. The maximum Gasteiger partial charge on any atom is 0.268 e. The number of carbonyl (C=O) groups is 2. The SMILES string of the molecule is COc1cccc(CN2C(=O)C3(SCCN3C(=O)C(C)C)c3cc(C)ccc32)c1. The van der Waals surface area contributed by atoms with Crippen molar-refractivity contribution in [3.05, 3.63) is 59.2 Å². The highest BCUT2D eigenvalue weighted by Crippen LogP contribution is 2.55. The molecule has 6 heteroatoms. The number of benzene rings is 2. The largest absolute Gasteiger partial charge is 0.497 e. The van der Waals surface area contributed by atoms with Crippen molar-refractivity contribution in [1.29, 1.82) is 0 Å². The van der Waals surface area contributed by atoms with Gasteiger partial charge in [0, 0.05) is 23.8 Å². The molecule has 0 radical (unpaired) electrons. The molecule has 2 heterocycles. The molecule has 2 aliphatic rings. The second kappa shape index (κ2) is 7.41. The van der Waals surface area contributed by atoms with Gasteiger partial charge in [-0.25, -0.2) is 0 Å². The second-order valence-electron chi connectivity index (χ2n) is 7.90. The first-order valence-electron chi connectivity index (χ1n) is 9.90. The fourth-order valence-electron chi connectivity index (χ4n) is 4.17.